The van der Waals surface area contributed by atoms with Gasteiger partial charge in [-0.05, 0) is 17.2 Å². The Labute approximate surface area is 109 Å². The molecule has 0 spiro atoms. The van der Waals surface area contributed by atoms with Crippen molar-refractivity contribution >= 4 is 27.5 Å². The normalized spacial score (nSPS) is 11.8. The van der Waals surface area contributed by atoms with Crippen LogP contribution in [0.5, 0.6) is 0 Å². The van der Waals surface area contributed by atoms with E-state index in [1.165, 1.54) is 0 Å². The molecule has 1 aromatic heterocycles. The molecular weight excluding hydrogens is 317 g/mol. The summed E-state index contributed by atoms with van der Waals surface area (Å²) < 4.78 is 29.7. The second kappa shape index (κ2) is 4.70. The maximum Gasteiger partial charge on any atom is 0.400 e. The van der Waals surface area contributed by atoms with E-state index in [9.17, 15) is 8.78 Å². The first kappa shape index (κ1) is 12.4. The molecule has 0 N–H and O–H groups in total. The number of halogens is 4. The lowest BCUT2D eigenvalue weighted by molar-refractivity contribution is 0.0551. The van der Waals surface area contributed by atoms with Crippen LogP contribution in [0.15, 0.2) is 28.8 Å². The fraction of sp³-hybridized carbons (Fsp3) is 0.200. The van der Waals surface area contributed by atoms with Gasteiger partial charge in [0.25, 0.3) is 0 Å². The quantitative estimate of drug-likeness (QED) is 0.804. The molecule has 3 nitrogen and oxygen atoms in total. The van der Waals surface area contributed by atoms with Crippen LogP contribution in [0.1, 0.15) is 11.5 Å². The summed E-state index contributed by atoms with van der Waals surface area (Å²) in [5.74, 6) is -0.819. The van der Waals surface area contributed by atoms with Crippen LogP contribution >= 0.6 is 27.5 Å². The van der Waals surface area contributed by atoms with Crippen LogP contribution in [0.2, 0.25) is 0 Å². The number of alkyl halides is 4. The van der Waals surface area contributed by atoms with Crippen molar-refractivity contribution in [3.05, 3.63) is 35.7 Å². The van der Waals surface area contributed by atoms with Crippen LogP contribution in [0.3, 0.4) is 0 Å². The lowest BCUT2D eigenvalue weighted by Crippen LogP contribution is -2.03. The second-order valence-corrected chi connectivity index (χ2v) is 4.29. The van der Waals surface area contributed by atoms with Crippen molar-refractivity contribution in [3.8, 4) is 11.4 Å². The molecule has 1 aromatic carbocycles. The summed E-state index contributed by atoms with van der Waals surface area (Å²) in [6.45, 7) is 0. The lowest BCUT2D eigenvalue weighted by Gasteiger charge is -1.98. The molecule has 0 aliphatic rings. The highest BCUT2D eigenvalue weighted by molar-refractivity contribution is 9.08. The Morgan fingerprint density at radius 1 is 1.29 bits per heavy atom. The molecule has 2 aromatic rings. The van der Waals surface area contributed by atoms with Gasteiger partial charge >= 0.3 is 11.3 Å². The van der Waals surface area contributed by atoms with Gasteiger partial charge in [-0.2, -0.15) is 13.8 Å². The summed E-state index contributed by atoms with van der Waals surface area (Å²) in [7, 11) is 0. The molecule has 2 rings (SSSR count). The largest absolute Gasteiger partial charge is 0.400 e. The van der Waals surface area contributed by atoms with E-state index >= 15 is 0 Å². The summed E-state index contributed by atoms with van der Waals surface area (Å²) >= 11 is 8.07. The van der Waals surface area contributed by atoms with Gasteiger partial charge in [-0.3, -0.25) is 0 Å². The van der Waals surface area contributed by atoms with Crippen LogP contribution in [0.4, 0.5) is 8.78 Å². The highest BCUT2D eigenvalue weighted by atomic mass is 79.9. The maximum atomic E-state index is 12.7. The summed E-state index contributed by atoms with van der Waals surface area (Å²) in [5, 5.41) is 0.521. The molecule has 0 fully saturated rings. The second-order valence-electron chi connectivity index (χ2n) is 3.25. The van der Waals surface area contributed by atoms with E-state index in [0.29, 0.717) is 10.9 Å². The van der Waals surface area contributed by atoms with Crippen LogP contribution in [0.25, 0.3) is 11.4 Å². The van der Waals surface area contributed by atoms with Gasteiger partial charge in [0.05, 0.1) is 0 Å². The first-order chi connectivity index (χ1) is 8.00. The molecular formula is C10H6BrClF2N2O. The van der Waals surface area contributed by atoms with Gasteiger partial charge in [0.15, 0.2) is 0 Å². The van der Waals surface area contributed by atoms with Crippen molar-refractivity contribution in [2.24, 2.45) is 0 Å². The topological polar surface area (TPSA) is 38.9 Å². The minimum Gasteiger partial charge on any atom is -0.331 e. The van der Waals surface area contributed by atoms with Gasteiger partial charge in [-0.25, -0.2) is 0 Å². The average molecular weight is 324 g/mol. The molecule has 0 aliphatic carbocycles. The first-order valence-electron chi connectivity index (χ1n) is 4.57. The number of nitrogens with zero attached hydrogens (tertiary/aromatic N) is 2. The minimum atomic E-state index is -3.64. The van der Waals surface area contributed by atoms with Gasteiger partial charge in [-0.1, -0.05) is 45.4 Å². The summed E-state index contributed by atoms with van der Waals surface area (Å²) in [4.78, 5) is 3.54. The standard InChI is InChI=1S/C10H6BrClF2N2O/c11-5-6-1-3-7(4-2-6)8-15-9(17-16-8)10(12,13)14/h1-4H,5H2. The zero-order valence-corrected chi connectivity index (χ0v) is 10.7. The van der Waals surface area contributed by atoms with Gasteiger partial charge in [0.2, 0.25) is 5.82 Å². The Kier molecular flexibility index (Phi) is 3.44. The van der Waals surface area contributed by atoms with Crippen molar-refractivity contribution < 1.29 is 13.3 Å². The van der Waals surface area contributed by atoms with E-state index < -0.39 is 11.3 Å². The molecule has 0 unspecified atom stereocenters. The Hall–Kier alpha value is -1.01. The predicted molar refractivity (Wildman–Crippen MR) is 62.1 cm³/mol. The Morgan fingerprint density at radius 2 is 1.94 bits per heavy atom. The third-order valence-electron chi connectivity index (χ3n) is 2.03. The van der Waals surface area contributed by atoms with Crippen molar-refractivity contribution in [1.29, 1.82) is 0 Å². The number of hydrogen-bond acceptors (Lipinski definition) is 3. The Bertz CT molecular complexity index is 510. The van der Waals surface area contributed by atoms with E-state index in [0.717, 1.165) is 5.56 Å². The summed E-state index contributed by atoms with van der Waals surface area (Å²) in [6.07, 6.45) is 0. The zero-order chi connectivity index (χ0) is 12.5. The zero-order valence-electron chi connectivity index (χ0n) is 8.33. The third kappa shape index (κ3) is 2.81. The van der Waals surface area contributed by atoms with E-state index in [-0.39, 0.29) is 5.82 Å². The van der Waals surface area contributed by atoms with Crippen molar-refractivity contribution in [2.75, 3.05) is 0 Å². The fourth-order valence-electron chi connectivity index (χ4n) is 1.20. The van der Waals surface area contributed by atoms with Gasteiger partial charge in [0.1, 0.15) is 0 Å². The third-order valence-corrected chi connectivity index (χ3v) is 2.84. The number of benzene rings is 1. The van der Waals surface area contributed by atoms with E-state index in [1.54, 1.807) is 12.1 Å². The van der Waals surface area contributed by atoms with Crippen molar-refractivity contribution in [3.63, 3.8) is 0 Å². The lowest BCUT2D eigenvalue weighted by atomic mass is 10.1. The summed E-state index contributed by atoms with van der Waals surface area (Å²) in [6, 6.07) is 7.10. The monoisotopic (exact) mass is 322 g/mol. The molecule has 0 radical (unpaired) electrons. The van der Waals surface area contributed by atoms with Gasteiger partial charge in [-0.15, -0.1) is 0 Å². The molecule has 0 aliphatic heterocycles. The summed E-state index contributed by atoms with van der Waals surface area (Å²) in [5.41, 5.74) is 1.64. The van der Waals surface area contributed by atoms with Crippen LogP contribution < -0.4 is 0 Å². The molecule has 17 heavy (non-hydrogen) atoms. The van der Waals surface area contributed by atoms with Gasteiger partial charge in [0, 0.05) is 10.9 Å². The van der Waals surface area contributed by atoms with Crippen LogP contribution in [0, 0.1) is 0 Å². The molecule has 0 atom stereocenters. The maximum absolute atomic E-state index is 12.7. The van der Waals surface area contributed by atoms with Crippen molar-refractivity contribution in [2.45, 2.75) is 10.7 Å². The number of hydrogen-bond donors (Lipinski definition) is 0. The molecule has 0 saturated carbocycles. The van der Waals surface area contributed by atoms with Crippen LogP contribution in [-0.4, -0.2) is 10.1 Å². The van der Waals surface area contributed by atoms with Crippen LogP contribution in [-0.2, 0) is 10.7 Å². The highest BCUT2D eigenvalue weighted by Gasteiger charge is 2.35. The first-order valence-corrected chi connectivity index (χ1v) is 6.07. The SMILES string of the molecule is FC(F)(Cl)c1nc(-c2ccc(CBr)cc2)no1. The van der Waals surface area contributed by atoms with E-state index in [1.807, 2.05) is 12.1 Å². The van der Waals surface area contributed by atoms with E-state index in [4.69, 9.17) is 11.6 Å². The van der Waals surface area contributed by atoms with E-state index in [2.05, 4.69) is 30.6 Å². The Balaban J connectivity index is 2.30. The number of aromatic nitrogens is 2. The minimum absolute atomic E-state index is 0.0847. The molecule has 0 saturated heterocycles. The fourth-order valence-corrected chi connectivity index (χ4v) is 1.65. The molecule has 1 heterocycles. The predicted octanol–water partition coefficient (Wildman–Crippen LogP) is 3.92. The molecule has 0 bridgehead atoms. The number of rotatable bonds is 3. The average Bonchev–Trinajstić information content (AvgIpc) is 2.78. The molecule has 7 heteroatoms. The van der Waals surface area contributed by atoms with Crippen molar-refractivity contribution in [1.82, 2.24) is 10.1 Å². The smallest absolute Gasteiger partial charge is 0.331 e. The Morgan fingerprint density at radius 3 is 2.41 bits per heavy atom. The van der Waals surface area contributed by atoms with Gasteiger partial charge < -0.3 is 4.52 Å². The highest BCUT2D eigenvalue weighted by Crippen LogP contribution is 2.32. The molecule has 0 amide bonds. The molecule has 90 valence electrons.